The normalized spacial score (nSPS) is 10.3. The van der Waals surface area contributed by atoms with Gasteiger partial charge in [-0.2, -0.15) is 5.10 Å². The lowest BCUT2D eigenvalue weighted by atomic mass is 10.2. The number of esters is 1. The van der Waals surface area contributed by atoms with Crippen molar-refractivity contribution in [3.8, 4) is 11.6 Å². The number of ether oxygens (including phenoxy) is 2. The van der Waals surface area contributed by atoms with Crippen LogP contribution in [0.25, 0.3) is 5.82 Å². The van der Waals surface area contributed by atoms with Crippen molar-refractivity contribution in [2.45, 2.75) is 6.92 Å². The molecule has 1 N–H and O–H groups in total. The maximum atomic E-state index is 12.3. The van der Waals surface area contributed by atoms with Gasteiger partial charge in [0, 0.05) is 6.20 Å². The summed E-state index contributed by atoms with van der Waals surface area (Å²) in [5, 5.41) is 6.58. The summed E-state index contributed by atoms with van der Waals surface area (Å²) in [7, 11) is 0. The Morgan fingerprint density at radius 2 is 2.11 bits per heavy atom. The molecule has 2 aromatic heterocycles. The van der Waals surface area contributed by atoms with E-state index in [-0.39, 0.29) is 11.4 Å². The lowest BCUT2D eigenvalue weighted by molar-refractivity contribution is -0.124. The van der Waals surface area contributed by atoms with Crippen LogP contribution in [0, 0.1) is 6.92 Å². The fraction of sp³-hybridized carbons (Fsp3) is 0.211. The molecule has 0 aliphatic heterocycles. The van der Waals surface area contributed by atoms with Crippen molar-refractivity contribution in [1.29, 1.82) is 0 Å². The molecule has 0 saturated carbocycles. The molecule has 0 aliphatic carbocycles. The number of rotatable bonds is 8. The number of pyridine rings is 1. The van der Waals surface area contributed by atoms with E-state index in [0.717, 1.165) is 11.3 Å². The molecular formula is C19H19N5O4. The minimum atomic E-state index is -0.676. The highest BCUT2D eigenvalue weighted by atomic mass is 16.5. The molecule has 0 unspecified atom stereocenters. The van der Waals surface area contributed by atoms with Gasteiger partial charge in [-0.15, -0.1) is 0 Å². The van der Waals surface area contributed by atoms with Crippen molar-refractivity contribution < 1.29 is 19.1 Å². The van der Waals surface area contributed by atoms with Crippen molar-refractivity contribution in [3.05, 3.63) is 66.4 Å². The minimum Gasteiger partial charge on any atom is -0.492 e. The number of hydrogen-bond acceptors (Lipinski definition) is 7. The van der Waals surface area contributed by atoms with E-state index >= 15 is 0 Å². The van der Waals surface area contributed by atoms with Crippen molar-refractivity contribution in [1.82, 2.24) is 25.1 Å². The number of carbonyl (C=O) groups excluding carboxylic acids is 2. The molecule has 0 atom stereocenters. The molecule has 144 valence electrons. The third-order valence-corrected chi connectivity index (χ3v) is 3.66. The van der Waals surface area contributed by atoms with E-state index in [1.54, 1.807) is 12.1 Å². The molecule has 0 radical (unpaired) electrons. The van der Waals surface area contributed by atoms with Gasteiger partial charge in [0.05, 0.1) is 6.54 Å². The highest BCUT2D eigenvalue weighted by Crippen LogP contribution is 2.12. The van der Waals surface area contributed by atoms with Gasteiger partial charge in [-0.3, -0.25) is 4.79 Å². The van der Waals surface area contributed by atoms with Crippen molar-refractivity contribution >= 4 is 11.9 Å². The van der Waals surface area contributed by atoms with E-state index in [4.69, 9.17) is 9.47 Å². The molecular weight excluding hydrogens is 362 g/mol. The molecule has 0 aliphatic rings. The first-order valence-electron chi connectivity index (χ1n) is 8.57. The molecule has 9 nitrogen and oxygen atoms in total. The molecule has 1 aromatic carbocycles. The SMILES string of the molecule is Cc1cccc(OCCNC(=O)COC(=O)c2cccnc2-n2cncn2)c1. The second-order valence-corrected chi connectivity index (χ2v) is 5.81. The van der Waals surface area contributed by atoms with Gasteiger partial charge in [-0.1, -0.05) is 12.1 Å². The Hall–Kier alpha value is -3.75. The predicted octanol–water partition coefficient (Wildman–Crippen LogP) is 1.32. The maximum absolute atomic E-state index is 12.3. The van der Waals surface area contributed by atoms with Crippen LogP contribution in [0.2, 0.25) is 0 Å². The number of carbonyl (C=O) groups is 2. The van der Waals surface area contributed by atoms with Gasteiger partial charge in [0.15, 0.2) is 12.4 Å². The van der Waals surface area contributed by atoms with Crippen LogP contribution in [0.15, 0.2) is 55.2 Å². The van der Waals surface area contributed by atoms with E-state index < -0.39 is 18.5 Å². The van der Waals surface area contributed by atoms with Gasteiger partial charge in [0.2, 0.25) is 0 Å². The number of hydrogen-bond donors (Lipinski definition) is 1. The number of nitrogens with zero attached hydrogens (tertiary/aromatic N) is 4. The zero-order valence-corrected chi connectivity index (χ0v) is 15.2. The third-order valence-electron chi connectivity index (χ3n) is 3.66. The second-order valence-electron chi connectivity index (χ2n) is 5.81. The number of aryl methyl sites for hydroxylation is 1. The minimum absolute atomic E-state index is 0.184. The number of aromatic nitrogens is 4. The van der Waals surface area contributed by atoms with Crippen molar-refractivity contribution in [2.75, 3.05) is 19.8 Å². The zero-order valence-electron chi connectivity index (χ0n) is 15.2. The first kappa shape index (κ1) is 19.0. The monoisotopic (exact) mass is 381 g/mol. The number of amides is 1. The van der Waals surface area contributed by atoms with E-state index in [1.165, 1.54) is 23.5 Å². The zero-order chi connectivity index (χ0) is 19.8. The first-order valence-corrected chi connectivity index (χ1v) is 8.57. The van der Waals surface area contributed by atoms with Crippen LogP contribution >= 0.6 is 0 Å². The average Bonchev–Trinajstić information content (AvgIpc) is 3.24. The second kappa shape index (κ2) is 9.26. The molecule has 1 amide bonds. The van der Waals surface area contributed by atoms with Crippen LogP contribution in [0.4, 0.5) is 0 Å². The molecule has 0 spiro atoms. The van der Waals surface area contributed by atoms with Crippen LogP contribution < -0.4 is 10.1 Å². The van der Waals surface area contributed by atoms with Crippen LogP contribution in [-0.4, -0.2) is 51.4 Å². The molecule has 28 heavy (non-hydrogen) atoms. The molecule has 2 heterocycles. The quantitative estimate of drug-likeness (QED) is 0.463. The lowest BCUT2D eigenvalue weighted by Crippen LogP contribution is -2.32. The molecule has 0 fully saturated rings. The van der Waals surface area contributed by atoms with Crippen LogP contribution in [-0.2, 0) is 9.53 Å². The first-order chi connectivity index (χ1) is 13.6. The molecule has 9 heteroatoms. The van der Waals surface area contributed by atoms with Gasteiger partial charge in [-0.25, -0.2) is 19.4 Å². The molecule has 0 saturated heterocycles. The van der Waals surface area contributed by atoms with Gasteiger partial charge < -0.3 is 14.8 Å². The highest BCUT2D eigenvalue weighted by Gasteiger charge is 2.17. The maximum Gasteiger partial charge on any atom is 0.342 e. The Kier molecular flexibility index (Phi) is 6.29. The third kappa shape index (κ3) is 5.13. The summed E-state index contributed by atoms with van der Waals surface area (Å²) in [5.74, 6) is -0.0907. The summed E-state index contributed by atoms with van der Waals surface area (Å²) in [6, 6.07) is 10.8. The summed E-state index contributed by atoms with van der Waals surface area (Å²) in [5.41, 5.74) is 1.28. The van der Waals surface area contributed by atoms with Gasteiger partial charge in [0.1, 0.15) is 30.6 Å². The number of benzene rings is 1. The largest absolute Gasteiger partial charge is 0.492 e. The lowest BCUT2D eigenvalue weighted by Gasteiger charge is -2.10. The summed E-state index contributed by atoms with van der Waals surface area (Å²) >= 11 is 0. The summed E-state index contributed by atoms with van der Waals surface area (Å²) in [6.07, 6.45) is 4.27. The van der Waals surface area contributed by atoms with E-state index in [9.17, 15) is 9.59 Å². The van der Waals surface area contributed by atoms with Gasteiger partial charge >= 0.3 is 5.97 Å². The smallest absolute Gasteiger partial charge is 0.342 e. The van der Waals surface area contributed by atoms with Gasteiger partial charge in [-0.05, 0) is 36.8 Å². The summed E-state index contributed by atoms with van der Waals surface area (Å²) in [6.45, 7) is 2.16. The molecule has 0 bridgehead atoms. The fourth-order valence-electron chi connectivity index (χ4n) is 2.38. The summed E-state index contributed by atoms with van der Waals surface area (Å²) in [4.78, 5) is 32.1. The van der Waals surface area contributed by atoms with Crippen molar-refractivity contribution in [3.63, 3.8) is 0 Å². The fourth-order valence-corrected chi connectivity index (χ4v) is 2.38. The topological polar surface area (TPSA) is 108 Å². The molecule has 3 rings (SSSR count). The Balaban J connectivity index is 1.44. The van der Waals surface area contributed by atoms with Gasteiger partial charge in [0.25, 0.3) is 5.91 Å². The van der Waals surface area contributed by atoms with Crippen LogP contribution in [0.5, 0.6) is 5.75 Å². The Bertz CT molecular complexity index is 943. The van der Waals surface area contributed by atoms with E-state index in [2.05, 4.69) is 20.4 Å². The average molecular weight is 381 g/mol. The molecule has 3 aromatic rings. The van der Waals surface area contributed by atoms with Crippen molar-refractivity contribution in [2.24, 2.45) is 0 Å². The van der Waals surface area contributed by atoms with E-state index in [0.29, 0.717) is 13.2 Å². The number of nitrogens with one attached hydrogen (secondary N) is 1. The Morgan fingerprint density at radius 1 is 1.21 bits per heavy atom. The Morgan fingerprint density at radius 3 is 2.89 bits per heavy atom. The van der Waals surface area contributed by atoms with Crippen LogP contribution in [0.1, 0.15) is 15.9 Å². The Labute approximate surface area is 161 Å². The standard InChI is InChI=1S/C19H19N5O4/c1-14-4-2-5-15(10-14)27-9-8-21-17(25)11-28-19(26)16-6-3-7-22-18(16)24-13-20-12-23-24/h2-7,10,12-13H,8-9,11H2,1H3,(H,21,25). The highest BCUT2D eigenvalue weighted by molar-refractivity contribution is 5.94. The summed E-state index contributed by atoms with van der Waals surface area (Å²) < 4.78 is 12.0. The van der Waals surface area contributed by atoms with E-state index in [1.807, 2.05) is 31.2 Å². The predicted molar refractivity (Wildman–Crippen MR) is 99.1 cm³/mol. The van der Waals surface area contributed by atoms with Crippen LogP contribution in [0.3, 0.4) is 0 Å².